The second kappa shape index (κ2) is 12.3. The Balaban J connectivity index is 1.76. The number of aliphatic hydroxyl groups is 1. The normalized spacial score (nSPS) is 18.5. The summed E-state index contributed by atoms with van der Waals surface area (Å²) in [6.45, 7) is 2.92. The van der Waals surface area contributed by atoms with Crippen molar-refractivity contribution in [2.24, 2.45) is 5.92 Å². The number of para-hydroxylation sites is 1. The van der Waals surface area contributed by atoms with E-state index >= 15 is 0 Å². The van der Waals surface area contributed by atoms with Gasteiger partial charge in [0.1, 0.15) is 17.7 Å². The summed E-state index contributed by atoms with van der Waals surface area (Å²) >= 11 is 0. The fourth-order valence-corrected chi connectivity index (χ4v) is 6.74. The molecule has 4 rings (SSSR count). The van der Waals surface area contributed by atoms with Gasteiger partial charge in [-0.05, 0) is 67.6 Å². The van der Waals surface area contributed by atoms with Gasteiger partial charge in [0.05, 0.1) is 40.2 Å². The van der Waals surface area contributed by atoms with Gasteiger partial charge in [0.15, 0.2) is 5.75 Å². The lowest BCUT2D eigenvalue weighted by molar-refractivity contribution is 0.0389. The molecule has 226 valence electrons. The van der Waals surface area contributed by atoms with Crippen LogP contribution in [0.3, 0.4) is 0 Å². The third-order valence-electron chi connectivity index (χ3n) is 7.02. The molecule has 42 heavy (non-hydrogen) atoms. The van der Waals surface area contributed by atoms with Crippen LogP contribution in [0.4, 0.5) is 14.5 Å². The number of aliphatic hydroxyl groups excluding tert-OH is 1. The number of anilines is 1. The summed E-state index contributed by atoms with van der Waals surface area (Å²) < 4.78 is 89.4. The minimum Gasteiger partial charge on any atom is -0.486 e. The summed E-state index contributed by atoms with van der Waals surface area (Å²) in [6, 6.07) is 12.2. The molecule has 0 unspecified atom stereocenters. The molecule has 1 aliphatic rings. The van der Waals surface area contributed by atoms with Gasteiger partial charge in [-0.2, -0.15) is 4.31 Å². The third kappa shape index (κ3) is 6.56. The first-order valence-corrected chi connectivity index (χ1v) is 15.9. The van der Waals surface area contributed by atoms with Gasteiger partial charge < -0.3 is 14.7 Å². The predicted octanol–water partition coefficient (Wildman–Crippen LogP) is 3.31. The first kappa shape index (κ1) is 31.3. The summed E-state index contributed by atoms with van der Waals surface area (Å²) in [4.78, 5) is 14.7. The van der Waals surface area contributed by atoms with E-state index in [1.807, 2.05) is 0 Å². The molecular weight excluding hydrogens is 592 g/mol. The Morgan fingerprint density at radius 1 is 1.00 bits per heavy atom. The summed E-state index contributed by atoms with van der Waals surface area (Å²) in [5, 5.41) is 9.86. The van der Waals surface area contributed by atoms with Crippen LogP contribution in [0.25, 0.3) is 0 Å². The molecule has 10 nitrogen and oxygen atoms in total. The maximum Gasteiger partial charge on any atom is 0.262 e. The summed E-state index contributed by atoms with van der Waals surface area (Å²) in [7, 11) is -7.00. The Labute approximate surface area is 243 Å². The van der Waals surface area contributed by atoms with Gasteiger partial charge in [0, 0.05) is 19.5 Å². The van der Waals surface area contributed by atoms with Crippen molar-refractivity contribution >= 4 is 31.6 Å². The number of hydrogen-bond donors (Lipinski definition) is 2. The number of fused-ring (bicyclic) bond motifs is 1. The van der Waals surface area contributed by atoms with Crippen LogP contribution in [-0.2, 0) is 20.0 Å². The van der Waals surface area contributed by atoms with Crippen LogP contribution in [-0.4, -0.2) is 75.9 Å². The zero-order chi connectivity index (χ0) is 30.8. The van der Waals surface area contributed by atoms with E-state index in [9.17, 15) is 35.5 Å². The predicted molar refractivity (Wildman–Crippen MR) is 151 cm³/mol. The smallest absolute Gasteiger partial charge is 0.262 e. The van der Waals surface area contributed by atoms with Gasteiger partial charge in [-0.25, -0.2) is 25.6 Å². The number of carbonyl (C=O) groups is 1. The van der Waals surface area contributed by atoms with E-state index in [0.717, 1.165) is 52.8 Å². The Kier molecular flexibility index (Phi) is 9.21. The lowest BCUT2D eigenvalue weighted by atomic mass is 9.99. The van der Waals surface area contributed by atoms with Crippen LogP contribution in [0.1, 0.15) is 24.2 Å². The number of ether oxygens (including phenoxy) is 1. The molecule has 0 aromatic heterocycles. The fourth-order valence-electron chi connectivity index (χ4n) is 4.50. The number of benzene rings is 3. The Morgan fingerprint density at radius 3 is 2.14 bits per heavy atom. The molecule has 3 aromatic carbocycles. The molecule has 1 heterocycles. The molecule has 3 aromatic rings. The van der Waals surface area contributed by atoms with Gasteiger partial charge in [-0.3, -0.25) is 9.52 Å². The van der Waals surface area contributed by atoms with Crippen LogP contribution in [0, 0.1) is 17.6 Å². The van der Waals surface area contributed by atoms with Crippen molar-refractivity contribution in [1.29, 1.82) is 0 Å². The molecule has 0 spiro atoms. The van der Waals surface area contributed by atoms with Crippen LogP contribution in [0.2, 0.25) is 0 Å². The Morgan fingerprint density at radius 2 is 1.57 bits per heavy atom. The second-order valence-electron chi connectivity index (χ2n) is 10.1. The molecule has 0 bridgehead atoms. The van der Waals surface area contributed by atoms with E-state index in [1.165, 1.54) is 30.1 Å². The first-order chi connectivity index (χ1) is 19.7. The Bertz CT molecular complexity index is 1650. The molecule has 0 fully saturated rings. The van der Waals surface area contributed by atoms with E-state index in [-0.39, 0.29) is 46.5 Å². The quantitative estimate of drug-likeness (QED) is 0.374. The molecule has 0 saturated carbocycles. The van der Waals surface area contributed by atoms with E-state index in [1.54, 1.807) is 13.8 Å². The summed E-state index contributed by atoms with van der Waals surface area (Å²) in [6.07, 6.45) is -0.901. The average molecular weight is 624 g/mol. The average Bonchev–Trinajstić information content (AvgIpc) is 2.95. The van der Waals surface area contributed by atoms with Crippen LogP contribution >= 0.6 is 0 Å². The van der Waals surface area contributed by atoms with Crippen molar-refractivity contribution in [2.75, 3.05) is 31.5 Å². The standard InChI is InChI=1S/C28H31F2N3O7S2/c1-18-15-33(19(2)17-34)28(35)24-5-4-6-25(31-41(36,37)22-11-7-20(29)8-12-22)27(24)40-26(18)16-32(3)42(38,39)23-13-9-21(30)10-14-23/h4-14,18-19,26,31,34H,15-17H2,1-3H3/t18-,19-,26-/m0/s1. The maximum atomic E-state index is 13.6. The van der Waals surface area contributed by atoms with Crippen molar-refractivity contribution in [2.45, 2.75) is 35.8 Å². The number of carbonyl (C=O) groups excluding carboxylic acids is 1. The van der Waals surface area contributed by atoms with Crippen molar-refractivity contribution < 1.29 is 40.3 Å². The van der Waals surface area contributed by atoms with E-state index in [4.69, 9.17) is 4.74 Å². The number of likely N-dealkylation sites (N-methyl/N-ethyl adjacent to an activating group) is 1. The largest absolute Gasteiger partial charge is 0.486 e. The highest BCUT2D eigenvalue weighted by atomic mass is 32.2. The van der Waals surface area contributed by atoms with Gasteiger partial charge >= 0.3 is 0 Å². The minimum absolute atomic E-state index is 0.00412. The third-order valence-corrected chi connectivity index (χ3v) is 10.2. The molecular formula is C28H31F2N3O7S2. The molecule has 3 atom stereocenters. The number of hydrogen-bond acceptors (Lipinski definition) is 7. The van der Waals surface area contributed by atoms with Gasteiger partial charge in [-0.15, -0.1) is 0 Å². The Hall–Kier alpha value is -3.59. The number of amides is 1. The zero-order valence-corrected chi connectivity index (χ0v) is 24.7. The number of rotatable bonds is 9. The maximum absolute atomic E-state index is 13.6. The topological polar surface area (TPSA) is 133 Å². The highest BCUT2D eigenvalue weighted by Crippen LogP contribution is 2.36. The molecule has 14 heteroatoms. The first-order valence-electron chi connectivity index (χ1n) is 13.0. The van der Waals surface area contributed by atoms with Gasteiger partial charge in [0.25, 0.3) is 15.9 Å². The van der Waals surface area contributed by atoms with E-state index in [0.29, 0.717) is 0 Å². The SMILES string of the molecule is C[C@H]1CN([C@@H](C)CO)C(=O)c2cccc(NS(=O)(=O)c3ccc(F)cc3)c2O[C@H]1CN(C)S(=O)(=O)c1ccc(F)cc1. The minimum atomic E-state index is -4.25. The monoisotopic (exact) mass is 623 g/mol. The number of halogens is 2. The zero-order valence-electron chi connectivity index (χ0n) is 23.1. The molecule has 1 amide bonds. The van der Waals surface area contributed by atoms with Crippen LogP contribution < -0.4 is 9.46 Å². The molecule has 0 radical (unpaired) electrons. The lowest BCUT2D eigenvalue weighted by Gasteiger charge is -2.38. The van der Waals surface area contributed by atoms with Gasteiger partial charge in [0.2, 0.25) is 10.0 Å². The van der Waals surface area contributed by atoms with E-state index in [2.05, 4.69) is 4.72 Å². The number of nitrogens with one attached hydrogen (secondary N) is 1. The number of nitrogens with zero attached hydrogens (tertiary/aromatic N) is 2. The van der Waals surface area contributed by atoms with Crippen molar-refractivity contribution in [3.63, 3.8) is 0 Å². The molecule has 0 saturated heterocycles. The van der Waals surface area contributed by atoms with Crippen LogP contribution in [0.15, 0.2) is 76.5 Å². The highest BCUT2D eigenvalue weighted by Gasteiger charge is 2.36. The summed E-state index contributed by atoms with van der Waals surface area (Å²) in [5.41, 5.74) is -0.0968. The van der Waals surface area contributed by atoms with Crippen molar-refractivity contribution in [3.05, 3.63) is 83.9 Å². The second-order valence-corrected chi connectivity index (χ2v) is 13.8. The lowest BCUT2D eigenvalue weighted by Crippen LogP contribution is -2.50. The van der Waals surface area contributed by atoms with Crippen molar-refractivity contribution in [3.8, 4) is 5.75 Å². The van der Waals surface area contributed by atoms with Gasteiger partial charge in [-0.1, -0.05) is 13.0 Å². The fraction of sp³-hybridized carbons (Fsp3) is 0.321. The van der Waals surface area contributed by atoms with Crippen LogP contribution in [0.5, 0.6) is 5.75 Å². The molecule has 0 aliphatic carbocycles. The number of sulfonamides is 2. The molecule has 2 N–H and O–H groups in total. The highest BCUT2D eigenvalue weighted by molar-refractivity contribution is 7.92. The van der Waals surface area contributed by atoms with E-state index < -0.39 is 55.7 Å². The summed E-state index contributed by atoms with van der Waals surface area (Å²) in [5.74, 6) is -2.37. The molecule has 1 aliphatic heterocycles. The van der Waals surface area contributed by atoms with Crippen molar-refractivity contribution in [1.82, 2.24) is 9.21 Å².